The minimum Gasteiger partial charge on any atom is -0.385 e. The van der Waals surface area contributed by atoms with Gasteiger partial charge in [-0.15, -0.1) is 0 Å². The van der Waals surface area contributed by atoms with Gasteiger partial charge in [-0.2, -0.15) is 0 Å². The topological polar surface area (TPSA) is 40.5 Å². The molecule has 8 saturated carbocycles. The Morgan fingerprint density at radius 3 is 1.85 bits per heavy atom. The fraction of sp³-hybridized carbons (Fsp3) is 0.442. The average molecular weight is 662 g/mol. The molecule has 2 N–H and O–H groups in total. The molecular weight excluding hydrogens is 619 g/mol. The van der Waals surface area contributed by atoms with Gasteiger partial charge in [-0.3, -0.25) is 0 Å². The lowest BCUT2D eigenvalue weighted by Crippen LogP contribution is -2.58. The zero-order valence-electron chi connectivity index (χ0n) is 26.7. The van der Waals surface area contributed by atoms with Gasteiger partial charge in [0.1, 0.15) is 0 Å². The standard InChI is InChI=1S/C43H42Cl2O2/c44-33-12-9-25(10-13-33)36-23-26(11-14-38(36)43(47)30-16-24-15-27(18-30)39(43)17-24)41-28-19-31-21-29(41)22-32(20-28)42(31,46)37-7-3-1-5-34(37)35-6-2-4-8-40(35)45/h1-14,23-24,27-32,39,41,46-47H,15-22H2. The summed E-state index contributed by atoms with van der Waals surface area (Å²) < 4.78 is 0. The molecule has 0 saturated heterocycles. The van der Waals surface area contributed by atoms with E-state index in [1.54, 1.807) is 0 Å². The summed E-state index contributed by atoms with van der Waals surface area (Å²) in [7, 11) is 0. The van der Waals surface area contributed by atoms with Crippen LogP contribution in [0.3, 0.4) is 0 Å². The van der Waals surface area contributed by atoms with Gasteiger partial charge in [-0.05, 0) is 156 Å². The van der Waals surface area contributed by atoms with Crippen molar-refractivity contribution in [1.82, 2.24) is 0 Å². The molecule has 8 fully saturated rings. The fourth-order valence-electron chi connectivity index (χ4n) is 12.8. The number of rotatable bonds is 5. The molecule has 0 radical (unpaired) electrons. The average Bonchev–Trinajstić information content (AvgIpc) is 3.48. The summed E-state index contributed by atoms with van der Waals surface area (Å²) in [6, 6.07) is 31.9. The molecule has 2 nitrogen and oxygen atoms in total. The summed E-state index contributed by atoms with van der Waals surface area (Å²) in [6.07, 6.45) is 9.00. The van der Waals surface area contributed by atoms with Crippen LogP contribution in [0.5, 0.6) is 0 Å². The molecule has 0 aliphatic heterocycles. The lowest BCUT2D eigenvalue weighted by atomic mass is 9.44. The highest BCUT2D eigenvalue weighted by Crippen LogP contribution is 2.69. The number of benzene rings is 4. The molecule has 8 aliphatic rings. The maximum atomic E-state index is 12.8. The third kappa shape index (κ3) is 4.11. The predicted molar refractivity (Wildman–Crippen MR) is 189 cm³/mol. The SMILES string of the molecule is OC1(c2ccccc2-c2ccccc2Cl)C2CC3CC1CC(C2)C3c1ccc(C2(O)C3CC4CC(C3)C2C4)c(-c2ccc(Cl)cc2)c1. The van der Waals surface area contributed by atoms with Crippen LogP contribution in [0.4, 0.5) is 0 Å². The van der Waals surface area contributed by atoms with Crippen LogP contribution in [0.2, 0.25) is 10.0 Å². The summed E-state index contributed by atoms with van der Waals surface area (Å²) in [4.78, 5) is 0. The van der Waals surface area contributed by atoms with Crippen LogP contribution in [-0.2, 0) is 11.2 Å². The van der Waals surface area contributed by atoms with Gasteiger partial charge in [-0.25, -0.2) is 0 Å². The van der Waals surface area contributed by atoms with Gasteiger partial charge in [0, 0.05) is 15.6 Å². The van der Waals surface area contributed by atoms with Gasteiger partial charge in [0.05, 0.1) is 11.2 Å². The van der Waals surface area contributed by atoms with Crippen molar-refractivity contribution < 1.29 is 10.2 Å². The molecule has 4 aromatic rings. The van der Waals surface area contributed by atoms with E-state index in [-0.39, 0.29) is 11.8 Å². The molecule has 0 heterocycles. The van der Waals surface area contributed by atoms with Crippen molar-refractivity contribution in [2.75, 3.05) is 0 Å². The Morgan fingerprint density at radius 1 is 0.532 bits per heavy atom. The van der Waals surface area contributed by atoms with E-state index < -0.39 is 11.2 Å². The summed E-state index contributed by atoms with van der Waals surface area (Å²) in [5.74, 6) is 4.31. The van der Waals surface area contributed by atoms with Gasteiger partial charge in [0.15, 0.2) is 0 Å². The van der Waals surface area contributed by atoms with Crippen molar-refractivity contribution in [3.05, 3.63) is 118 Å². The molecule has 5 unspecified atom stereocenters. The Morgan fingerprint density at radius 2 is 1.15 bits per heavy atom. The van der Waals surface area contributed by atoms with Crippen LogP contribution < -0.4 is 0 Å². The first kappa shape index (κ1) is 29.3. The molecule has 47 heavy (non-hydrogen) atoms. The molecule has 0 spiro atoms. The van der Waals surface area contributed by atoms with Gasteiger partial charge in [0.25, 0.3) is 0 Å². The minimum atomic E-state index is -0.837. The number of hydrogen-bond donors (Lipinski definition) is 2. The highest BCUT2D eigenvalue weighted by molar-refractivity contribution is 6.33. The second-order valence-corrected chi connectivity index (χ2v) is 17.1. The van der Waals surface area contributed by atoms with Crippen molar-refractivity contribution in [2.45, 2.75) is 68.5 Å². The van der Waals surface area contributed by atoms with E-state index in [4.69, 9.17) is 23.2 Å². The maximum Gasteiger partial charge on any atom is 0.0961 e. The molecule has 0 amide bonds. The van der Waals surface area contributed by atoms with Gasteiger partial charge in [0.2, 0.25) is 0 Å². The van der Waals surface area contributed by atoms with E-state index in [0.717, 1.165) is 69.5 Å². The second-order valence-electron chi connectivity index (χ2n) is 16.2. The fourth-order valence-corrected chi connectivity index (χ4v) is 13.1. The largest absolute Gasteiger partial charge is 0.385 e. The number of aliphatic hydroxyl groups is 2. The minimum absolute atomic E-state index is 0.241. The molecule has 8 bridgehead atoms. The number of hydrogen-bond acceptors (Lipinski definition) is 2. The predicted octanol–water partition coefficient (Wildman–Crippen LogP) is 10.6. The van der Waals surface area contributed by atoms with Crippen molar-refractivity contribution >= 4 is 23.2 Å². The molecule has 5 atom stereocenters. The highest BCUT2D eigenvalue weighted by atomic mass is 35.5. The third-order valence-electron chi connectivity index (χ3n) is 14.3. The molecule has 4 aromatic carbocycles. The van der Waals surface area contributed by atoms with Crippen LogP contribution >= 0.6 is 23.2 Å². The van der Waals surface area contributed by atoms with E-state index in [0.29, 0.717) is 35.5 Å². The van der Waals surface area contributed by atoms with E-state index in [1.165, 1.54) is 36.8 Å². The lowest BCUT2D eigenvalue weighted by molar-refractivity contribution is -0.186. The van der Waals surface area contributed by atoms with Crippen molar-refractivity contribution in [3.63, 3.8) is 0 Å². The van der Waals surface area contributed by atoms with E-state index >= 15 is 0 Å². The van der Waals surface area contributed by atoms with E-state index in [9.17, 15) is 10.2 Å². The quantitative estimate of drug-likeness (QED) is 0.224. The van der Waals surface area contributed by atoms with Crippen molar-refractivity contribution in [1.29, 1.82) is 0 Å². The highest BCUT2D eigenvalue weighted by Gasteiger charge is 2.64. The van der Waals surface area contributed by atoms with Crippen molar-refractivity contribution in [2.24, 2.45) is 47.3 Å². The molecule has 12 rings (SSSR count). The summed E-state index contributed by atoms with van der Waals surface area (Å²) in [6.45, 7) is 0. The summed E-state index contributed by atoms with van der Waals surface area (Å²) in [5, 5.41) is 26.9. The van der Waals surface area contributed by atoms with Crippen LogP contribution in [0.25, 0.3) is 22.3 Å². The Bertz CT molecular complexity index is 1850. The zero-order chi connectivity index (χ0) is 31.7. The molecule has 0 aromatic heterocycles. The van der Waals surface area contributed by atoms with E-state index in [1.807, 2.05) is 30.3 Å². The maximum absolute atomic E-state index is 12.8. The first-order chi connectivity index (χ1) is 22.8. The molecule has 8 aliphatic carbocycles. The Balaban J connectivity index is 1.01. The third-order valence-corrected chi connectivity index (χ3v) is 14.9. The number of halogens is 2. The van der Waals surface area contributed by atoms with Gasteiger partial charge in [-0.1, -0.05) is 96.0 Å². The zero-order valence-corrected chi connectivity index (χ0v) is 28.2. The first-order valence-corrected chi connectivity index (χ1v) is 18.8. The summed E-state index contributed by atoms with van der Waals surface area (Å²) in [5.41, 5.74) is 6.49. The van der Waals surface area contributed by atoms with E-state index in [2.05, 4.69) is 60.7 Å². The van der Waals surface area contributed by atoms with Gasteiger partial charge >= 0.3 is 0 Å². The second kappa shape index (κ2) is 10.4. The molecule has 240 valence electrons. The molecular formula is C43H42Cl2O2. The van der Waals surface area contributed by atoms with Crippen LogP contribution in [0.1, 0.15) is 74.0 Å². The van der Waals surface area contributed by atoms with Crippen LogP contribution in [-0.4, -0.2) is 10.2 Å². The van der Waals surface area contributed by atoms with Gasteiger partial charge < -0.3 is 10.2 Å². The van der Waals surface area contributed by atoms with Crippen LogP contribution in [0, 0.1) is 47.3 Å². The Kier molecular flexibility index (Phi) is 6.51. The van der Waals surface area contributed by atoms with Crippen molar-refractivity contribution in [3.8, 4) is 22.3 Å². The Hall–Kier alpha value is -2.62. The monoisotopic (exact) mass is 660 g/mol. The normalized spacial score (nSPS) is 39.2. The molecule has 4 heteroatoms. The smallest absolute Gasteiger partial charge is 0.0961 e. The van der Waals surface area contributed by atoms with Crippen LogP contribution in [0.15, 0.2) is 91.0 Å². The summed E-state index contributed by atoms with van der Waals surface area (Å²) >= 11 is 13.1. The Labute approximate surface area is 288 Å². The first-order valence-electron chi connectivity index (χ1n) is 18.0. The lowest BCUT2D eigenvalue weighted by Gasteiger charge is -2.62.